The minimum atomic E-state index is -0.0565. The number of anilines is 2. The van der Waals surface area contributed by atoms with Crippen LogP contribution in [0.4, 0.5) is 10.8 Å². The maximum Gasteiger partial charge on any atom is 0.233 e. The highest BCUT2D eigenvalue weighted by Gasteiger charge is 2.23. The molecule has 7 heteroatoms. The number of benzene rings is 1. The molecular weight excluding hydrogens is 328 g/mol. The van der Waals surface area contributed by atoms with E-state index in [0.29, 0.717) is 0 Å². The molecule has 1 aromatic heterocycles. The van der Waals surface area contributed by atoms with Gasteiger partial charge in [-0.05, 0) is 43.9 Å². The summed E-state index contributed by atoms with van der Waals surface area (Å²) in [5, 5.41) is 15.4. The first-order chi connectivity index (χ1) is 11.1. The molecule has 23 heavy (non-hydrogen) atoms. The van der Waals surface area contributed by atoms with E-state index >= 15 is 0 Å². The number of amides is 1. The predicted octanol–water partition coefficient (Wildman–Crippen LogP) is 3.66. The Morgan fingerprint density at radius 1 is 1.30 bits per heavy atom. The van der Waals surface area contributed by atoms with E-state index in [4.69, 9.17) is 0 Å². The lowest BCUT2D eigenvalue weighted by atomic mass is 10.1. The van der Waals surface area contributed by atoms with Crippen LogP contribution in [0.2, 0.25) is 0 Å². The zero-order chi connectivity index (χ0) is 16.2. The van der Waals surface area contributed by atoms with Gasteiger partial charge in [-0.3, -0.25) is 4.79 Å². The van der Waals surface area contributed by atoms with E-state index in [2.05, 4.69) is 40.7 Å². The van der Waals surface area contributed by atoms with Crippen molar-refractivity contribution in [2.24, 2.45) is 0 Å². The molecule has 1 aliphatic rings. The lowest BCUT2D eigenvalue weighted by Crippen LogP contribution is -2.30. The van der Waals surface area contributed by atoms with Crippen LogP contribution < -0.4 is 10.6 Å². The third kappa shape index (κ3) is 4.03. The molecule has 122 valence electrons. The van der Waals surface area contributed by atoms with Crippen LogP contribution in [0.3, 0.4) is 0 Å². The SMILES string of the molecule is Cc1cccc(Nc2nnc(SC3CCCCNC3=O)s2)c1C. The van der Waals surface area contributed by atoms with Crippen molar-refractivity contribution >= 4 is 39.8 Å². The van der Waals surface area contributed by atoms with Gasteiger partial charge >= 0.3 is 0 Å². The lowest BCUT2D eigenvalue weighted by molar-refractivity contribution is -0.120. The number of aryl methyl sites for hydroxylation is 1. The van der Waals surface area contributed by atoms with Crippen LogP contribution in [-0.4, -0.2) is 27.9 Å². The smallest absolute Gasteiger partial charge is 0.233 e. The number of hydrogen-bond donors (Lipinski definition) is 2. The highest BCUT2D eigenvalue weighted by atomic mass is 32.2. The standard InChI is InChI=1S/C16H20N4OS2/c1-10-6-5-7-12(11(10)2)18-15-19-20-16(23-15)22-13-8-3-4-9-17-14(13)21/h5-7,13H,3-4,8-9H2,1-2H3,(H,17,21)(H,18,19). The Morgan fingerprint density at radius 2 is 2.17 bits per heavy atom. The molecule has 2 aromatic rings. The van der Waals surface area contributed by atoms with E-state index in [1.54, 1.807) is 0 Å². The monoisotopic (exact) mass is 348 g/mol. The summed E-state index contributed by atoms with van der Waals surface area (Å²) >= 11 is 3.01. The topological polar surface area (TPSA) is 66.9 Å². The highest BCUT2D eigenvalue weighted by Crippen LogP contribution is 2.33. The maximum atomic E-state index is 12.0. The van der Waals surface area contributed by atoms with E-state index in [1.165, 1.54) is 34.2 Å². The fourth-order valence-corrected chi connectivity index (χ4v) is 4.53. The molecule has 1 unspecified atom stereocenters. The molecule has 1 aliphatic heterocycles. The molecule has 1 amide bonds. The minimum absolute atomic E-state index is 0.0565. The normalized spacial score (nSPS) is 18.3. The molecule has 0 aliphatic carbocycles. The molecule has 5 nitrogen and oxygen atoms in total. The lowest BCUT2D eigenvalue weighted by Gasteiger charge is -2.09. The number of carbonyl (C=O) groups is 1. The molecule has 1 aromatic carbocycles. The fourth-order valence-electron chi connectivity index (χ4n) is 2.46. The van der Waals surface area contributed by atoms with Crippen LogP contribution in [0.25, 0.3) is 0 Å². The number of nitrogens with zero attached hydrogens (tertiary/aromatic N) is 2. The number of nitrogens with one attached hydrogen (secondary N) is 2. The Hall–Kier alpha value is -1.60. The minimum Gasteiger partial charge on any atom is -0.355 e. The van der Waals surface area contributed by atoms with Gasteiger partial charge in [0.15, 0.2) is 4.34 Å². The summed E-state index contributed by atoms with van der Waals surface area (Å²) in [6.45, 7) is 4.96. The van der Waals surface area contributed by atoms with Gasteiger partial charge in [-0.1, -0.05) is 41.7 Å². The van der Waals surface area contributed by atoms with Crippen molar-refractivity contribution in [1.29, 1.82) is 0 Å². The second-order valence-corrected chi connectivity index (χ2v) is 8.07. The van der Waals surface area contributed by atoms with E-state index in [1.807, 2.05) is 12.1 Å². The third-order valence-electron chi connectivity index (χ3n) is 3.98. The summed E-state index contributed by atoms with van der Waals surface area (Å²) in [4.78, 5) is 12.0. The van der Waals surface area contributed by atoms with Gasteiger partial charge < -0.3 is 10.6 Å². The molecule has 1 atom stereocenters. The maximum absolute atomic E-state index is 12.0. The van der Waals surface area contributed by atoms with Crippen LogP contribution in [0.5, 0.6) is 0 Å². The zero-order valence-corrected chi connectivity index (χ0v) is 14.9. The highest BCUT2D eigenvalue weighted by molar-refractivity contribution is 8.02. The van der Waals surface area contributed by atoms with Gasteiger partial charge in [0.1, 0.15) is 0 Å². The van der Waals surface area contributed by atoms with E-state index in [0.717, 1.165) is 41.0 Å². The molecule has 1 fully saturated rings. The van der Waals surface area contributed by atoms with Gasteiger partial charge in [-0.2, -0.15) is 0 Å². The molecule has 2 N–H and O–H groups in total. The van der Waals surface area contributed by atoms with Gasteiger partial charge in [0.25, 0.3) is 0 Å². The Bertz CT molecular complexity index is 701. The Labute approximate surface area is 144 Å². The van der Waals surface area contributed by atoms with Crippen molar-refractivity contribution in [3.8, 4) is 0 Å². The Balaban J connectivity index is 1.68. The van der Waals surface area contributed by atoms with Crippen LogP contribution in [0, 0.1) is 13.8 Å². The molecule has 0 radical (unpaired) electrons. The average molecular weight is 348 g/mol. The van der Waals surface area contributed by atoms with E-state index in [-0.39, 0.29) is 11.2 Å². The summed E-state index contributed by atoms with van der Waals surface area (Å²) in [5.41, 5.74) is 3.49. The molecular formula is C16H20N4OS2. The largest absolute Gasteiger partial charge is 0.355 e. The zero-order valence-electron chi connectivity index (χ0n) is 13.3. The number of carbonyl (C=O) groups excluding carboxylic acids is 1. The summed E-state index contributed by atoms with van der Waals surface area (Å²) in [6, 6.07) is 6.15. The van der Waals surface area contributed by atoms with Crippen molar-refractivity contribution < 1.29 is 4.79 Å². The molecule has 0 spiro atoms. The van der Waals surface area contributed by atoms with Gasteiger partial charge in [0, 0.05) is 12.2 Å². The van der Waals surface area contributed by atoms with Crippen LogP contribution in [0.1, 0.15) is 30.4 Å². The first kappa shape index (κ1) is 16.3. The number of hydrogen-bond acceptors (Lipinski definition) is 6. The average Bonchev–Trinajstić information content (AvgIpc) is 2.87. The van der Waals surface area contributed by atoms with Gasteiger partial charge in [0.05, 0.1) is 5.25 Å². The predicted molar refractivity (Wildman–Crippen MR) is 95.6 cm³/mol. The Morgan fingerprint density at radius 3 is 3.04 bits per heavy atom. The number of thioether (sulfide) groups is 1. The second kappa shape index (κ2) is 7.31. The molecule has 0 saturated carbocycles. The molecule has 2 heterocycles. The number of rotatable bonds is 4. The van der Waals surface area contributed by atoms with Crippen LogP contribution in [-0.2, 0) is 4.79 Å². The van der Waals surface area contributed by atoms with E-state index < -0.39 is 0 Å². The van der Waals surface area contributed by atoms with Gasteiger partial charge in [-0.15, -0.1) is 10.2 Å². The molecule has 1 saturated heterocycles. The first-order valence-electron chi connectivity index (χ1n) is 7.74. The van der Waals surface area contributed by atoms with Crippen molar-refractivity contribution in [3.05, 3.63) is 29.3 Å². The number of aromatic nitrogens is 2. The van der Waals surface area contributed by atoms with Gasteiger partial charge in [-0.25, -0.2) is 0 Å². The van der Waals surface area contributed by atoms with Crippen molar-refractivity contribution in [1.82, 2.24) is 15.5 Å². The van der Waals surface area contributed by atoms with Crippen molar-refractivity contribution in [3.63, 3.8) is 0 Å². The summed E-state index contributed by atoms with van der Waals surface area (Å²) < 4.78 is 0.833. The van der Waals surface area contributed by atoms with Crippen LogP contribution in [0.15, 0.2) is 22.5 Å². The second-order valence-electron chi connectivity index (χ2n) is 5.64. The molecule has 3 rings (SSSR count). The van der Waals surface area contributed by atoms with Crippen molar-refractivity contribution in [2.45, 2.75) is 42.7 Å². The van der Waals surface area contributed by atoms with Crippen LogP contribution >= 0.6 is 23.1 Å². The quantitative estimate of drug-likeness (QED) is 0.883. The third-order valence-corrected chi connectivity index (χ3v) is 6.17. The fraction of sp³-hybridized carbons (Fsp3) is 0.438. The summed E-state index contributed by atoms with van der Waals surface area (Å²) in [7, 11) is 0. The Kier molecular flexibility index (Phi) is 5.17. The van der Waals surface area contributed by atoms with Gasteiger partial charge in [0.2, 0.25) is 11.0 Å². The van der Waals surface area contributed by atoms with E-state index in [9.17, 15) is 4.79 Å². The summed E-state index contributed by atoms with van der Waals surface area (Å²) in [6.07, 6.45) is 3.02. The molecule has 0 bridgehead atoms. The first-order valence-corrected chi connectivity index (χ1v) is 9.44. The summed E-state index contributed by atoms with van der Waals surface area (Å²) in [5.74, 6) is 0.117. The van der Waals surface area contributed by atoms with Crippen molar-refractivity contribution in [2.75, 3.05) is 11.9 Å².